The average Bonchev–Trinajstić information content (AvgIpc) is 3.00. The summed E-state index contributed by atoms with van der Waals surface area (Å²) in [5, 5.41) is 10.4. The topological polar surface area (TPSA) is 74.2 Å². The lowest BCUT2D eigenvalue weighted by atomic mass is 9.89. The van der Waals surface area contributed by atoms with Gasteiger partial charge in [-0.05, 0) is 66.6 Å². The highest BCUT2D eigenvalue weighted by Gasteiger charge is 2.41. The van der Waals surface area contributed by atoms with Gasteiger partial charge in [0.2, 0.25) is 0 Å². The Hall–Kier alpha value is -2.47. The predicted molar refractivity (Wildman–Crippen MR) is 186 cm³/mol. The zero-order chi connectivity index (χ0) is 33.5. The molecule has 2 rings (SSSR count). The fraction of sp³-hybridized carbons (Fsp3) is 0.605. The Kier molecular flexibility index (Phi) is 16.6. The first kappa shape index (κ1) is 38.7. The van der Waals surface area contributed by atoms with Crippen LogP contribution in [0.2, 0.25) is 18.1 Å². The Labute approximate surface area is 274 Å². The van der Waals surface area contributed by atoms with Gasteiger partial charge in [-0.3, -0.25) is 4.79 Å². The van der Waals surface area contributed by atoms with Gasteiger partial charge in [-0.15, -0.1) is 12.3 Å². The molecule has 0 aliphatic carbocycles. The van der Waals surface area contributed by atoms with Crippen molar-refractivity contribution < 1.29 is 28.5 Å². The Balaban J connectivity index is 2.14. The Morgan fingerprint density at radius 2 is 1.56 bits per heavy atom. The Morgan fingerprint density at radius 3 is 2.16 bits per heavy atom. The van der Waals surface area contributed by atoms with E-state index in [2.05, 4.69) is 65.8 Å². The van der Waals surface area contributed by atoms with Crippen molar-refractivity contribution in [2.24, 2.45) is 11.8 Å². The summed E-state index contributed by atoms with van der Waals surface area (Å²) in [6.45, 7) is 17.4. The van der Waals surface area contributed by atoms with Crippen molar-refractivity contribution in [3.8, 4) is 18.1 Å². The largest absolute Gasteiger partial charge is 0.497 e. The first-order valence-corrected chi connectivity index (χ1v) is 19.3. The van der Waals surface area contributed by atoms with Crippen molar-refractivity contribution in [3.05, 3.63) is 65.7 Å². The normalized spacial score (nSPS) is 15.5. The summed E-state index contributed by atoms with van der Waals surface area (Å²) in [5.74, 6) is 3.72. The van der Waals surface area contributed by atoms with Crippen LogP contribution in [0.5, 0.6) is 5.75 Å². The van der Waals surface area contributed by atoms with Crippen LogP contribution in [0, 0.1) is 24.2 Å². The third-order valence-electron chi connectivity index (χ3n) is 8.98. The summed E-state index contributed by atoms with van der Waals surface area (Å²) in [4.78, 5) is 13.0. The number of carbonyl (C=O) groups is 1. The summed E-state index contributed by atoms with van der Waals surface area (Å²) in [5.41, 5.74) is 2.17. The second kappa shape index (κ2) is 19.2. The molecule has 0 aromatic heterocycles. The summed E-state index contributed by atoms with van der Waals surface area (Å²) < 4.78 is 24.9. The molecule has 0 bridgehead atoms. The van der Waals surface area contributed by atoms with E-state index in [0.717, 1.165) is 23.3 Å². The molecular formula is C38H58O6Si. The maximum Gasteiger partial charge on any atom is 0.192 e. The van der Waals surface area contributed by atoms with Crippen molar-refractivity contribution in [2.45, 2.75) is 123 Å². The zero-order valence-corrected chi connectivity index (χ0v) is 30.0. The minimum atomic E-state index is -2.07. The SMILES string of the molecule is C#CCC[C@H](O)CC(=O)C[C@H](CC[C@@H](C)[C@H](O[Si](C)(C)C(C)(C)C)[C@H](C)COCc1ccccc1)OCc1ccc(OC)cc1. The number of aliphatic hydroxyl groups excluding tert-OH is 1. The lowest BCUT2D eigenvalue weighted by molar-refractivity contribution is -0.124. The smallest absolute Gasteiger partial charge is 0.192 e. The van der Waals surface area contributed by atoms with E-state index in [4.69, 9.17) is 25.1 Å². The van der Waals surface area contributed by atoms with E-state index in [0.29, 0.717) is 39.1 Å². The van der Waals surface area contributed by atoms with Crippen LogP contribution in [0.15, 0.2) is 54.6 Å². The number of aliphatic hydroxyl groups is 1. The number of Topliss-reactive ketones (excluding diaryl/α,β-unsaturated/α-hetero) is 1. The number of hydrogen-bond donors (Lipinski definition) is 1. The van der Waals surface area contributed by atoms with Crippen LogP contribution in [0.25, 0.3) is 0 Å². The predicted octanol–water partition coefficient (Wildman–Crippen LogP) is 8.36. The molecule has 45 heavy (non-hydrogen) atoms. The molecule has 1 N–H and O–H groups in total. The number of hydrogen-bond acceptors (Lipinski definition) is 6. The standard InChI is InChI=1S/C38H58O6Si/c1-10-11-17-33(39)24-34(40)25-36(43-28-32-19-22-35(41-7)23-20-32)21-18-29(2)37(44-45(8,9)38(4,5)6)30(3)26-42-27-31-15-13-12-14-16-31/h1,12-16,19-20,22-23,29-30,33,36-37,39H,11,17-18,21,24-28H2,2-9H3/t29-,30-,33+,36+,37+/m1/s1. The number of carbonyl (C=O) groups excluding carboxylic acids is 1. The highest BCUT2D eigenvalue weighted by Crippen LogP contribution is 2.40. The minimum absolute atomic E-state index is 0.00481. The molecule has 0 saturated heterocycles. The van der Waals surface area contributed by atoms with Crippen molar-refractivity contribution in [2.75, 3.05) is 13.7 Å². The van der Waals surface area contributed by atoms with E-state index in [-0.39, 0.29) is 47.7 Å². The summed E-state index contributed by atoms with van der Waals surface area (Å²) in [6, 6.07) is 18.0. The fourth-order valence-electron chi connectivity index (χ4n) is 5.09. The van der Waals surface area contributed by atoms with Gasteiger partial charge in [0.25, 0.3) is 0 Å². The van der Waals surface area contributed by atoms with Crippen molar-refractivity contribution >= 4 is 14.1 Å². The molecule has 0 unspecified atom stereocenters. The van der Waals surface area contributed by atoms with Gasteiger partial charge in [0.1, 0.15) is 11.5 Å². The first-order chi connectivity index (χ1) is 21.3. The second-order valence-corrected chi connectivity index (χ2v) is 18.8. The molecule has 0 heterocycles. The molecule has 0 spiro atoms. The quantitative estimate of drug-likeness (QED) is 0.109. The van der Waals surface area contributed by atoms with E-state index in [1.807, 2.05) is 42.5 Å². The van der Waals surface area contributed by atoms with Gasteiger partial charge in [-0.1, -0.05) is 77.1 Å². The maximum absolute atomic E-state index is 13.0. The van der Waals surface area contributed by atoms with Crippen molar-refractivity contribution in [1.29, 1.82) is 0 Å². The molecule has 7 heteroatoms. The van der Waals surface area contributed by atoms with Gasteiger partial charge in [-0.25, -0.2) is 0 Å². The number of benzene rings is 2. The number of terminal acetylenes is 1. The third-order valence-corrected chi connectivity index (χ3v) is 13.5. The Morgan fingerprint density at radius 1 is 0.911 bits per heavy atom. The molecule has 5 atom stereocenters. The lowest BCUT2D eigenvalue weighted by Crippen LogP contribution is -2.48. The van der Waals surface area contributed by atoms with E-state index >= 15 is 0 Å². The van der Waals surface area contributed by atoms with E-state index in [1.54, 1.807) is 7.11 Å². The molecule has 2 aromatic rings. The fourth-order valence-corrected chi connectivity index (χ4v) is 6.59. The van der Waals surface area contributed by atoms with Gasteiger partial charge in [0.05, 0.1) is 45.2 Å². The summed E-state index contributed by atoms with van der Waals surface area (Å²) in [6.07, 6.45) is 7.10. The van der Waals surface area contributed by atoms with Gasteiger partial charge in [0, 0.05) is 25.2 Å². The molecule has 0 amide bonds. The van der Waals surface area contributed by atoms with Gasteiger partial charge in [-0.2, -0.15) is 0 Å². The molecule has 0 fully saturated rings. The second-order valence-electron chi connectivity index (χ2n) is 14.0. The summed E-state index contributed by atoms with van der Waals surface area (Å²) in [7, 11) is -0.425. The molecular weight excluding hydrogens is 580 g/mol. The third kappa shape index (κ3) is 14.2. The first-order valence-electron chi connectivity index (χ1n) is 16.4. The Bertz CT molecular complexity index is 1150. The van der Waals surface area contributed by atoms with Crippen LogP contribution in [0.4, 0.5) is 0 Å². The van der Waals surface area contributed by atoms with Gasteiger partial charge < -0.3 is 23.7 Å². The van der Waals surface area contributed by atoms with Crippen LogP contribution in [0.3, 0.4) is 0 Å². The minimum Gasteiger partial charge on any atom is -0.497 e. The molecule has 6 nitrogen and oxygen atoms in total. The highest BCUT2D eigenvalue weighted by molar-refractivity contribution is 6.74. The van der Waals surface area contributed by atoms with Crippen molar-refractivity contribution in [1.82, 2.24) is 0 Å². The zero-order valence-electron chi connectivity index (χ0n) is 29.0. The summed E-state index contributed by atoms with van der Waals surface area (Å²) >= 11 is 0. The van der Waals surface area contributed by atoms with E-state index in [1.165, 1.54) is 0 Å². The maximum atomic E-state index is 13.0. The van der Waals surface area contributed by atoms with Crippen LogP contribution < -0.4 is 4.74 Å². The number of ether oxygens (including phenoxy) is 3. The molecule has 0 aliphatic heterocycles. The highest BCUT2D eigenvalue weighted by atomic mass is 28.4. The number of ketones is 1. The van der Waals surface area contributed by atoms with Crippen LogP contribution in [0.1, 0.15) is 84.3 Å². The molecule has 2 aromatic carbocycles. The van der Waals surface area contributed by atoms with Crippen molar-refractivity contribution in [3.63, 3.8) is 0 Å². The number of methoxy groups -OCH3 is 1. The van der Waals surface area contributed by atoms with E-state index in [9.17, 15) is 9.90 Å². The van der Waals surface area contributed by atoms with E-state index < -0.39 is 14.4 Å². The monoisotopic (exact) mass is 638 g/mol. The van der Waals surface area contributed by atoms with Crippen LogP contribution in [-0.4, -0.2) is 51.2 Å². The van der Waals surface area contributed by atoms with Crippen LogP contribution in [-0.2, 0) is 31.9 Å². The molecule has 250 valence electrons. The molecule has 0 aliphatic rings. The molecule has 0 radical (unpaired) electrons. The average molecular weight is 639 g/mol. The van der Waals surface area contributed by atoms with Gasteiger partial charge in [0.15, 0.2) is 8.32 Å². The van der Waals surface area contributed by atoms with Gasteiger partial charge >= 0.3 is 0 Å². The molecule has 0 saturated carbocycles. The van der Waals surface area contributed by atoms with Crippen LogP contribution >= 0.6 is 0 Å². The number of rotatable bonds is 21. The lowest BCUT2D eigenvalue weighted by Gasteiger charge is -2.43.